The van der Waals surface area contributed by atoms with Crippen molar-refractivity contribution in [2.75, 3.05) is 19.6 Å². The minimum Gasteiger partial charge on any atom is -0.460 e. The van der Waals surface area contributed by atoms with Crippen LogP contribution < -0.4 is 5.32 Å². The molecule has 1 fully saturated rings. The van der Waals surface area contributed by atoms with Gasteiger partial charge in [0.25, 0.3) is 0 Å². The molecule has 1 aromatic carbocycles. The Morgan fingerprint density at radius 3 is 3.00 bits per heavy atom. The highest BCUT2D eigenvalue weighted by atomic mass is 35.5. The van der Waals surface area contributed by atoms with Crippen LogP contribution in [0.15, 0.2) is 47.1 Å². The summed E-state index contributed by atoms with van der Waals surface area (Å²) < 4.78 is 8.08. The normalized spacial score (nSPS) is 18.9. The molecule has 122 valence electrons. The molecular formula is C17H21ClN4O. The molecule has 0 aliphatic carbocycles. The molecule has 6 heteroatoms. The van der Waals surface area contributed by atoms with Crippen LogP contribution in [-0.2, 0) is 13.6 Å². The smallest absolute Gasteiger partial charge is 0.134 e. The van der Waals surface area contributed by atoms with E-state index < -0.39 is 0 Å². The molecule has 1 aliphatic heterocycles. The Balaban J connectivity index is 0.00000156. The number of nitrogens with zero attached hydrogens (tertiary/aromatic N) is 3. The van der Waals surface area contributed by atoms with Gasteiger partial charge in [0.2, 0.25) is 0 Å². The number of furan rings is 1. The molecule has 1 atom stereocenters. The van der Waals surface area contributed by atoms with Crippen LogP contribution in [-0.4, -0.2) is 34.1 Å². The van der Waals surface area contributed by atoms with Gasteiger partial charge >= 0.3 is 0 Å². The summed E-state index contributed by atoms with van der Waals surface area (Å²) in [7, 11) is 2.05. The van der Waals surface area contributed by atoms with Gasteiger partial charge in [0.05, 0.1) is 12.6 Å². The van der Waals surface area contributed by atoms with Crippen molar-refractivity contribution < 1.29 is 4.42 Å². The first-order valence-corrected chi connectivity index (χ1v) is 7.71. The van der Waals surface area contributed by atoms with Gasteiger partial charge in [-0.25, -0.2) is 4.98 Å². The van der Waals surface area contributed by atoms with E-state index in [1.807, 2.05) is 30.6 Å². The summed E-state index contributed by atoms with van der Waals surface area (Å²) >= 11 is 0. The zero-order chi connectivity index (χ0) is 14.9. The first-order chi connectivity index (χ1) is 10.8. The van der Waals surface area contributed by atoms with Gasteiger partial charge in [-0.2, -0.15) is 0 Å². The maximum absolute atomic E-state index is 5.98. The molecule has 0 bridgehead atoms. The maximum atomic E-state index is 5.98. The van der Waals surface area contributed by atoms with E-state index >= 15 is 0 Å². The lowest BCUT2D eigenvalue weighted by Gasteiger charge is -2.35. The van der Waals surface area contributed by atoms with Crippen molar-refractivity contribution in [3.8, 4) is 0 Å². The highest BCUT2D eigenvalue weighted by Crippen LogP contribution is 2.25. The molecule has 0 saturated carbocycles. The van der Waals surface area contributed by atoms with Crippen molar-refractivity contribution in [2.45, 2.75) is 12.6 Å². The molecule has 1 unspecified atom stereocenters. The van der Waals surface area contributed by atoms with Gasteiger partial charge in [-0.05, 0) is 12.1 Å². The number of fused-ring (bicyclic) bond motifs is 1. The van der Waals surface area contributed by atoms with Gasteiger partial charge in [0, 0.05) is 44.5 Å². The van der Waals surface area contributed by atoms with E-state index in [-0.39, 0.29) is 18.4 Å². The summed E-state index contributed by atoms with van der Waals surface area (Å²) in [6, 6.07) is 10.6. The molecule has 3 heterocycles. The lowest BCUT2D eigenvalue weighted by molar-refractivity contribution is 0.135. The standard InChI is InChI=1S/C17H20N4O.ClH/c1-20-8-7-19-17(20)15-11-18-6-9-21(15)12-14-10-13-4-2-3-5-16(13)22-14;/h2-5,7-8,10,15,18H,6,9,11-12H2,1H3;1H. The lowest BCUT2D eigenvalue weighted by Crippen LogP contribution is -2.46. The summed E-state index contributed by atoms with van der Waals surface area (Å²) in [5.74, 6) is 2.12. The van der Waals surface area contributed by atoms with Gasteiger partial charge in [0.15, 0.2) is 0 Å². The molecule has 1 aliphatic rings. The molecule has 1 N–H and O–H groups in total. The van der Waals surface area contributed by atoms with Crippen LogP contribution in [0.25, 0.3) is 11.0 Å². The second-order valence-corrected chi connectivity index (χ2v) is 5.84. The minimum absolute atomic E-state index is 0. The maximum Gasteiger partial charge on any atom is 0.134 e. The third kappa shape index (κ3) is 3.13. The second kappa shape index (κ2) is 6.74. The molecule has 4 rings (SSSR count). The number of nitrogens with one attached hydrogen (secondary N) is 1. The van der Waals surface area contributed by atoms with Crippen LogP contribution >= 0.6 is 12.4 Å². The van der Waals surface area contributed by atoms with Crippen LogP contribution in [0.4, 0.5) is 0 Å². The van der Waals surface area contributed by atoms with E-state index in [1.165, 1.54) is 5.39 Å². The molecule has 3 aromatic rings. The molecule has 0 spiro atoms. The van der Waals surface area contributed by atoms with Crippen molar-refractivity contribution in [1.29, 1.82) is 0 Å². The number of imidazole rings is 1. The average molecular weight is 333 g/mol. The summed E-state index contributed by atoms with van der Waals surface area (Å²) in [6.07, 6.45) is 3.87. The third-order valence-corrected chi connectivity index (χ3v) is 4.35. The zero-order valence-corrected chi connectivity index (χ0v) is 13.9. The van der Waals surface area contributed by atoms with Gasteiger partial charge in [-0.15, -0.1) is 12.4 Å². The lowest BCUT2D eigenvalue weighted by atomic mass is 10.1. The molecule has 23 heavy (non-hydrogen) atoms. The number of para-hydroxylation sites is 1. The number of aromatic nitrogens is 2. The molecule has 5 nitrogen and oxygen atoms in total. The number of rotatable bonds is 3. The van der Waals surface area contributed by atoms with Crippen molar-refractivity contribution in [3.05, 3.63) is 54.3 Å². The second-order valence-electron chi connectivity index (χ2n) is 5.84. The Labute approximate surface area is 141 Å². The Hall–Kier alpha value is -1.82. The Kier molecular flexibility index (Phi) is 4.71. The fourth-order valence-corrected chi connectivity index (χ4v) is 3.20. The van der Waals surface area contributed by atoms with Crippen molar-refractivity contribution >= 4 is 23.4 Å². The number of halogens is 1. The summed E-state index contributed by atoms with van der Waals surface area (Å²) in [4.78, 5) is 6.97. The quantitative estimate of drug-likeness (QED) is 0.801. The average Bonchev–Trinajstić information content (AvgIpc) is 3.13. The molecule has 2 aromatic heterocycles. The number of benzene rings is 1. The SMILES string of the molecule is Cl.Cn1ccnc1C1CNCCN1Cc1cc2ccccc2o1. The third-order valence-electron chi connectivity index (χ3n) is 4.35. The summed E-state index contributed by atoms with van der Waals surface area (Å²) in [6.45, 7) is 3.73. The fraction of sp³-hybridized carbons (Fsp3) is 0.353. The first-order valence-electron chi connectivity index (χ1n) is 7.71. The van der Waals surface area contributed by atoms with Crippen LogP contribution in [0.2, 0.25) is 0 Å². The number of hydrogen-bond donors (Lipinski definition) is 1. The number of hydrogen-bond acceptors (Lipinski definition) is 4. The van der Waals surface area contributed by atoms with E-state index in [0.717, 1.165) is 43.3 Å². The van der Waals surface area contributed by atoms with Crippen molar-refractivity contribution in [3.63, 3.8) is 0 Å². The molecular weight excluding hydrogens is 312 g/mol. The Morgan fingerprint density at radius 1 is 1.35 bits per heavy atom. The van der Waals surface area contributed by atoms with Crippen LogP contribution in [0.5, 0.6) is 0 Å². The predicted molar refractivity (Wildman–Crippen MR) is 92.7 cm³/mol. The largest absolute Gasteiger partial charge is 0.460 e. The van der Waals surface area contributed by atoms with Gasteiger partial charge in [-0.3, -0.25) is 4.90 Å². The topological polar surface area (TPSA) is 46.2 Å². The van der Waals surface area contributed by atoms with Crippen molar-refractivity contribution in [2.24, 2.45) is 7.05 Å². The number of aryl methyl sites for hydroxylation is 1. The summed E-state index contributed by atoms with van der Waals surface area (Å²) in [5.41, 5.74) is 0.959. The van der Waals surface area contributed by atoms with Crippen molar-refractivity contribution in [1.82, 2.24) is 19.8 Å². The Morgan fingerprint density at radius 2 is 2.22 bits per heavy atom. The molecule has 0 amide bonds. The van der Waals surface area contributed by atoms with E-state index in [4.69, 9.17) is 4.42 Å². The van der Waals surface area contributed by atoms with Crippen LogP contribution in [0.1, 0.15) is 17.6 Å². The molecule has 1 saturated heterocycles. The van der Waals surface area contributed by atoms with E-state index in [1.54, 1.807) is 0 Å². The van der Waals surface area contributed by atoms with Crippen LogP contribution in [0, 0.1) is 0 Å². The van der Waals surface area contributed by atoms with Gasteiger partial charge in [-0.1, -0.05) is 18.2 Å². The van der Waals surface area contributed by atoms with E-state index in [2.05, 4.69) is 38.9 Å². The highest BCUT2D eigenvalue weighted by Gasteiger charge is 2.27. The summed E-state index contributed by atoms with van der Waals surface area (Å²) in [5, 5.41) is 4.63. The fourth-order valence-electron chi connectivity index (χ4n) is 3.20. The minimum atomic E-state index is 0. The molecule has 0 radical (unpaired) electrons. The predicted octanol–water partition coefficient (Wildman–Crippen LogP) is 2.73. The zero-order valence-electron chi connectivity index (χ0n) is 13.1. The first kappa shape index (κ1) is 16.1. The highest BCUT2D eigenvalue weighted by molar-refractivity contribution is 5.85. The Bertz CT molecular complexity index is 749. The number of piperazine rings is 1. The van der Waals surface area contributed by atoms with E-state index in [0.29, 0.717) is 0 Å². The monoisotopic (exact) mass is 332 g/mol. The van der Waals surface area contributed by atoms with Crippen LogP contribution in [0.3, 0.4) is 0 Å². The van der Waals surface area contributed by atoms with Gasteiger partial charge in [0.1, 0.15) is 17.2 Å². The van der Waals surface area contributed by atoms with E-state index in [9.17, 15) is 0 Å². The van der Waals surface area contributed by atoms with Gasteiger partial charge < -0.3 is 14.3 Å².